The van der Waals surface area contributed by atoms with Crippen molar-refractivity contribution in [3.8, 4) is 0 Å². The Morgan fingerprint density at radius 3 is 2.39 bits per heavy atom. The van der Waals surface area contributed by atoms with Crippen molar-refractivity contribution in [2.24, 2.45) is 5.92 Å². The Morgan fingerprint density at radius 2 is 1.78 bits per heavy atom. The molecule has 0 unspecified atom stereocenters. The number of rotatable bonds is 4. The average molecular weight is 266 g/mol. The van der Waals surface area contributed by atoms with Crippen LogP contribution in [-0.4, -0.2) is 18.2 Å². The maximum absolute atomic E-state index is 11.8. The SMILES string of the molecule is O=C(CNC(=O)C1CCCC1)c1ccc(Cl)cc1. The van der Waals surface area contributed by atoms with Gasteiger partial charge in [0.1, 0.15) is 0 Å². The van der Waals surface area contributed by atoms with Crippen molar-refractivity contribution in [2.45, 2.75) is 25.7 Å². The van der Waals surface area contributed by atoms with Crippen LogP contribution in [0.4, 0.5) is 0 Å². The Balaban J connectivity index is 1.84. The van der Waals surface area contributed by atoms with E-state index in [9.17, 15) is 9.59 Å². The highest BCUT2D eigenvalue weighted by molar-refractivity contribution is 6.30. The molecule has 1 fully saturated rings. The van der Waals surface area contributed by atoms with Gasteiger partial charge in [-0.05, 0) is 37.1 Å². The van der Waals surface area contributed by atoms with Crippen molar-refractivity contribution in [1.82, 2.24) is 5.32 Å². The van der Waals surface area contributed by atoms with E-state index in [1.165, 1.54) is 0 Å². The van der Waals surface area contributed by atoms with Gasteiger partial charge in [-0.1, -0.05) is 24.4 Å². The summed E-state index contributed by atoms with van der Waals surface area (Å²) < 4.78 is 0. The van der Waals surface area contributed by atoms with E-state index in [2.05, 4.69) is 5.32 Å². The van der Waals surface area contributed by atoms with Crippen LogP contribution in [0, 0.1) is 5.92 Å². The summed E-state index contributed by atoms with van der Waals surface area (Å²) in [6.45, 7) is 0.0664. The molecule has 1 aromatic rings. The van der Waals surface area contributed by atoms with E-state index in [0.29, 0.717) is 10.6 Å². The van der Waals surface area contributed by atoms with Gasteiger partial charge in [-0.3, -0.25) is 9.59 Å². The molecule has 0 spiro atoms. The molecule has 0 saturated heterocycles. The largest absolute Gasteiger partial charge is 0.348 e. The van der Waals surface area contributed by atoms with Gasteiger partial charge >= 0.3 is 0 Å². The van der Waals surface area contributed by atoms with Gasteiger partial charge in [0.05, 0.1) is 6.54 Å². The monoisotopic (exact) mass is 265 g/mol. The lowest BCUT2D eigenvalue weighted by molar-refractivity contribution is -0.124. The van der Waals surface area contributed by atoms with Crippen LogP contribution >= 0.6 is 11.6 Å². The lowest BCUT2D eigenvalue weighted by Crippen LogP contribution is -2.33. The van der Waals surface area contributed by atoms with E-state index in [1.54, 1.807) is 24.3 Å². The molecule has 0 bridgehead atoms. The molecule has 18 heavy (non-hydrogen) atoms. The number of carbonyl (C=O) groups is 2. The van der Waals surface area contributed by atoms with Crippen molar-refractivity contribution in [3.05, 3.63) is 34.9 Å². The minimum absolute atomic E-state index is 0.00909. The normalized spacial score (nSPS) is 15.6. The number of hydrogen-bond donors (Lipinski definition) is 1. The maximum atomic E-state index is 11.8. The van der Waals surface area contributed by atoms with Crippen molar-refractivity contribution >= 4 is 23.3 Å². The van der Waals surface area contributed by atoms with Crippen LogP contribution in [0.5, 0.6) is 0 Å². The molecule has 0 aromatic heterocycles. The molecule has 96 valence electrons. The van der Waals surface area contributed by atoms with Gasteiger partial charge in [-0.25, -0.2) is 0 Å². The van der Waals surface area contributed by atoms with Crippen LogP contribution in [0.2, 0.25) is 5.02 Å². The Kier molecular flexibility index (Phi) is 4.37. The predicted octanol–water partition coefficient (Wildman–Crippen LogP) is 2.83. The molecule has 2 rings (SSSR count). The first-order valence-electron chi connectivity index (χ1n) is 6.23. The van der Waals surface area contributed by atoms with Crippen molar-refractivity contribution in [1.29, 1.82) is 0 Å². The highest BCUT2D eigenvalue weighted by atomic mass is 35.5. The maximum Gasteiger partial charge on any atom is 0.223 e. The number of amides is 1. The second kappa shape index (κ2) is 6.01. The minimum Gasteiger partial charge on any atom is -0.348 e. The Morgan fingerprint density at radius 1 is 1.17 bits per heavy atom. The van der Waals surface area contributed by atoms with E-state index in [4.69, 9.17) is 11.6 Å². The number of nitrogens with one attached hydrogen (secondary N) is 1. The zero-order valence-corrected chi connectivity index (χ0v) is 10.9. The zero-order valence-electron chi connectivity index (χ0n) is 10.1. The molecule has 1 aliphatic carbocycles. The average Bonchev–Trinajstić information content (AvgIpc) is 2.90. The topological polar surface area (TPSA) is 46.2 Å². The second-order valence-electron chi connectivity index (χ2n) is 4.63. The fourth-order valence-corrected chi connectivity index (χ4v) is 2.36. The smallest absolute Gasteiger partial charge is 0.223 e. The van der Waals surface area contributed by atoms with E-state index in [-0.39, 0.29) is 24.2 Å². The molecule has 4 heteroatoms. The van der Waals surface area contributed by atoms with Crippen LogP contribution in [0.1, 0.15) is 36.0 Å². The summed E-state index contributed by atoms with van der Waals surface area (Å²) in [5.41, 5.74) is 0.575. The van der Waals surface area contributed by atoms with Gasteiger partial charge in [-0.15, -0.1) is 0 Å². The third kappa shape index (κ3) is 3.33. The summed E-state index contributed by atoms with van der Waals surface area (Å²) >= 11 is 5.75. The Labute approximate surface area is 112 Å². The summed E-state index contributed by atoms with van der Waals surface area (Å²) in [5.74, 6) is 0.0239. The summed E-state index contributed by atoms with van der Waals surface area (Å²) in [7, 11) is 0. The summed E-state index contributed by atoms with van der Waals surface area (Å²) in [5, 5.41) is 3.31. The summed E-state index contributed by atoms with van der Waals surface area (Å²) in [4.78, 5) is 23.6. The number of carbonyl (C=O) groups excluding carboxylic acids is 2. The molecular formula is C14H16ClNO2. The number of Topliss-reactive ketones (excluding diaryl/α,β-unsaturated/α-hetero) is 1. The Hall–Kier alpha value is -1.35. The van der Waals surface area contributed by atoms with E-state index in [1.807, 2.05) is 0 Å². The van der Waals surface area contributed by atoms with Crippen molar-refractivity contribution in [3.63, 3.8) is 0 Å². The molecule has 0 atom stereocenters. The molecule has 0 radical (unpaired) electrons. The predicted molar refractivity (Wildman–Crippen MR) is 70.8 cm³/mol. The molecule has 3 nitrogen and oxygen atoms in total. The highest BCUT2D eigenvalue weighted by Crippen LogP contribution is 2.24. The first-order chi connectivity index (χ1) is 8.66. The van der Waals surface area contributed by atoms with Gasteiger partial charge in [0.15, 0.2) is 5.78 Å². The van der Waals surface area contributed by atoms with Gasteiger partial charge < -0.3 is 5.32 Å². The van der Waals surface area contributed by atoms with Crippen molar-refractivity contribution < 1.29 is 9.59 Å². The third-order valence-corrected chi connectivity index (χ3v) is 3.57. The molecule has 1 aliphatic rings. The van der Waals surface area contributed by atoms with Crippen LogP contribution in [-0.2, 0) is 4.79 Å². The van der Waals surface area contributed by atoms with Gasteiger partial charge in [-0.2, -0.15) is 0 Å². The summed E-state index contributed by atoms with van der Waals surface area (Å²) in [6, 6.07) is 6.69. The number of benzene rings is 1. The van der Waals surface area contributed by atoms with Gasteiger partial charge in [0.25, 0.3) is 0 Å². The molecule has 1 aromatic carbocycles. The first kappa shape index (κ1) is 13.1. The lowest BCUT2D eigenvalue weighted by Gasteiger charge is -2.09. The molecule has 0 aliphatic heterocycles. The highest BCUT2D eigenvalue weighted by Gasteiger charge is 2.22. The molecule has 0 heterocycles. The van der Waals surface area contributed by atoms with Crippen LogP contribution < -0.4 is 5.32 Å². The molecule has 1 saturated carbocycles. The van der Waals surface area contributed by atoms with E-state index in [0.717, 1.165) is 25.7 Å². The third-order valence-electron chi connectivity index (χ3n) is 3.32. The number of ketones is 1. The number of hydrogen-bond acceptors (Lipinski definition) is 2. The van der Waals surface area contributed by atoms with E-state index < -0.39 is 0 Å². The molecule has 1 N–H and O–H groups in total. The van der Waals surface area contributed by atoms with Crippen molar-refractivity contribution in [2.75, 3.05) is 6.54 Å². The van der Waals surface area contributed by atoms with E-state index >= 15 is 0 Å². The van der Waals surface area contributed by atoms with Gasteiger partial charge in [0.2, 0.25) is 5.91 Å². The second-order valence-corrected chi connectivity index (χ2v) is 5.07. The van der Waals surface area contributed by atoms with Gasteiger partial charge in [0, 0.05) is 16.5 Å². The first-order valence-corrected chi connectivity index (χ1v) is 6.61. The molecular weight excluding hydrogens is 250 g/mol. The summed E-state index contributed by atoms with van der Waals surface area (Å²) in [6.07, 6.45) is 4.12. The van der Waals surface area contributed by atoms with Crippen LogP contribution in [0.15, 0.2) is 24.3 Å². The zero-order chi connectivity index (χ0) is 13.0. The fraction of sp³-hybridized carbons (Fsp3) is 0.429. The fourth-order valence-electron chi connectivity index (χ4n) is 2.24. The van der Waals surface area contributed by atoms with Crippen LogP contribution in [0.25, 0.3) is 0 Å². The number of halogens is 1. The van der Waals surface area contributed by atoms with Crippen LogP contribution in [0.3, 0.4) is 0 Å². The quantitative estimate of drug-likeness (QED) is 0.851. The molecule has 1 amide bonds. The lowest BCUT2D eigenvalue weighted by atomic mass is 10.1. The standard InChI is InChI=1S/C14H16ClNO2/c15-12-7-5-10(6-8-12)13(17)9-16-14(18)11-3-1-2-4-11/h5-8,11H,1-4,9H2,(H,16,18). The minimum atomic E-state index is -0.0852. The Bertz CT molecular complexity index is 436.